The van der Waals surface area contributed by atoms with Crippen molar-refractivity contribution in [2.45, 2.75) is 0 Å². The van der Waals surface area contributed by atoms with Crippen molar-refractivity contribution in [3.05, 3.63) is 83.9 Å². The highest BCUT2D eigenvalue weighted by Crippen LogP contribution is 2.27. The van der Waals surface area contributed by atoms with Gasteiger partial charge >= 0.3 is 0 Å². The average Bonchev–Trinajstić information content (AvgIpc) is 2.94. The first-order valence-corrected chi connectivity index (χ1v) is 13.0. The highest BCUT2D eigenvalue weighted by atomic mass is 16.5. The quantitative estimate of drug-likeness (QED) is 0.418. The predicted molar refractivity (Wildman–Crippen MR) is 153 cm³/mol. The Morgan fingerprint density at radius 1 is 0.897 bits per heavy atom. The van der Waals surface area contributed by atoms with E-state index in [0.717, 1.165) is 16.8 Å². The number of benzene rings is 3. The van der Waals surface area contributed by atoms with Crippen LogP contribution in [0.3, 0.4) is 0 Å². The second kappa shape index (κ2) is 13.1. The molecule has 1 heterocycles. The fraction of sp³-hybridized carbons (Fsp3) is 0.300. The summed E-state index contributed by atoms with van der Waals surface area (Å²) in [5.74, 6) is -1.21. The van der Waals surface area contributed by atoms with Gasteiger partial charge < -0.3 is 25.6 Å². The molecule has 4 rings (SSSR count). The zero-order valence-electron chi connectivity index (χ0n) is 22.4. The van der Waals surface area contributed by atoms with E-state index >= 15 is 0 Å². The number of anilines is 2. The van der Waals surface area contributed by atoms with Crippen molar-refractivity contribution in [3.8, 4) is 11.1 Å². The smallest absolute Gasteiger partial charge is 0.260 e. The standard InChI is InChI=1S/C30H35N5O4/c1-33(2)14-15-35(25-11-8-23(9-12-25)22-6-4-3-5-7-22)30(38)26-13-10-24(29(31)37)20-27(26)32-28(36)21-34-16-18-39-19-17-34/h3-13,20H,14-19,21H2,1-2H3,(H2,31,37)(H,32,36). The Morgan fingerprint density at radius 3 is 2.21 bits per heavy atom. The molecule has 0 atom stereocenters. The number of carbonyl (C=O) groups is 3. The van der Waals surface area contributed by atoms with Gasteiger partial charge in [0, 0.05) is 37.4 Å². The Kier molecular flexibility index (Phi) is 9.43. The summed E-state index contributed by atoms with van der Waals surface area (Å²) < 4.78 is 5.35. The molecule has 1 aliphatic rings. The van der Waals surface area contributed by atoms with Crippen molar-refractivity contribution >= 4 is 29.1 Å². The highest BCUT2D eigenvalue weighted by Gasteiger charge is 2.23. The molecule has 0 aromatic heterocycles. The Morgan fingerprint density at radius 2 is 1.56 bits per heavy atom. The van der Waals surface area contributed by atoms with Gasteiger partial charge in [0.2, 0.25) is 11.8 Å². The molecule has 0 saturated carbocycles. The van der Waals surface area contributed by atoms with E-state index in [1.807, 2.05) is 78.5 Å². The molecule has 39 heavy (non-hydrogen) atoms. The molecule has 1 saturated heterocycles. The SMILES string of the molecule is CN(C)CCN(C(=O)c1ccc(C(N)=O)cc1NC(=O)CN1CCOCC1)c1ccc(-c2ccccc2)cc1. The van der Waals surface area contributed by atoms with E-state index in [1.165, 1.54) is 12.1 Å². The summed E-state index contributed by atoms with van der Waals surface area (Å²) in [6, 6.07) is 22.4. The lowest BCUT2D eigenvalue weighted by atomic mass is 10.0. The summed E-state index contributed by atoms with van der Waals surface area (Å²) >= 11 is 0. The lowest BCUT2D eigenvalue weighted by molar-refractivity contribution is -0.118. The van der Waals surface area contributed by atoms with Crippen LogP contribution in [0.1, 0.15) is 20.7 Å². The largest absolute Gasteiger partial charge is 0.379 e. The minimum absolute atomic E-state index is 0.156. The van der Waals surface area contributed by atoms with Gasteiger partial charge in [-0.05, 0) is 55.6 Å². The first-order chi connectivity index (χ1) is 18.8. The zero-order valence-corrected chi connectivity index (χ0v) is 22.4. The molecule has 0 radical (unpaired) electrons. The van der Waals surface area contributed by atoms with Gasteiger partial charge in [0.15, 0.2) is 0 Å². The van der Waals surface area contributed by atoms with Crippen molar-refractivity contribution < 1.29 is 19.1 Å². The summed E-state index contributed by atoms with van der Waals surface area (Å²) in [5, 5.41) is 2.85. The molecule has 3 aromatic carbocycles. The molecule has 0 spiro atoms. The molecule has 204 valence electrons. The molecule has 3 aromatic rings. The summed E-state index contributed by atoms with van der Waals surface area (Å²) in [4.78, 5) is 44.5. The number of primary amides is 1. The van der Waals surface area contributed by atoms with Crippen molar-refractivity contribution in [1.82, 2.24) is 9.80 Å². The van der Waals surface area contributed by atoms with Gasteiger partial charge in [0.25, 0.3) is 5.91 Å². The van der Waals surface area contributed by atoms with Crippen LogP contribution in [0.5, 0.6) is 0 Å². The van der Waals surface area contributed by atoms with Crippen LogP contribution in [0.15, 0.2) is 72.8 Å². The van der Waals surface area contributed by atoms with E-state index in [0.29, 0.717) is 39.4 Å². The summed E-state index contributed by atoms with van der Waals surface area (Å²) in [5.41, 5.74) is 9.11. The number of rotatable bonds is 10. The van der Waals surface area contributed by atoms with Gasteiger partial charge in [0.05, 0.1) is 31.0 Å². The summed E-state index contributed by atoms with van der Waals surface area (Å²) in [7, 11) is 3.89. The number of likely N-dealkylation sites (N-methyl/N-ethyl adjacent to an activating group) is 1. The molecule has 0 unspecified atom stereocenters. The van der Waals surface area contributed by atoms with Crippen molar-refractivity contribution in [2.24, 2.45) is 5.73 Å². The van der Waals surface area contributed by atoms with Crippen molar-refractivity contribution in [1.29, 1.82) is 0 Å². The predicted octanol–water partition coefficient (Wildman–Crippen LogP) is 2.93. The number of morpholine rings is 1. The van der Waals surface area contributed by atoms with Crippen LogP contribution < -0.4 is 16.0 Å². The maximum absolute atomic E-state index is 14.0. The maximum Gasteiger partial charge on any atom is 0.260 e. The van der Waals surface area contributed by atoms with Crippen LogP contribution in [0.4, 0.5) is 11.4 Å². The number of hydrogen-bond acceptors (Lipinski definition) is 6. The van der Waals surface area contributed by atoms with Gasteiger partial charge in [-0.15, -0.1) is 0 Å². The number of amides is 3. The van der Waals surface area contributed by atoms with Gasteiger partial charge in [-0.1, -0.05) is 42.5 Å². The monoisotopic (exact) mass is 529 g/mol. The molecule has 1 fully saturated rings. The third kappa shape index (κ3) is 7.51. The van der Waals surface area contributed by atoms with Crippen LogP contribution in [-0.2, 0) is 9.53 Å². The fourth-order valence-electron chi connectivity index (χ4n) is 4.40. The molecule has 9 nitrogen and oxygen atoms in total. The zero-order chi connectivity index (χ0) is 27.8. The van der Waals surface area contributed by atoms with E-state index in [-0.39, 0.29) is 35.2 Å². The van der Waals surface area contributed by atoms with Gasteiger partial charge in [0.1, 0.15) is 0 Å². The van der Waals surface area contributed by atoms with Gasteiger partial charge in [-0.3, -0.25) is 19.3 Å². The lowest BCUT2D eigenvalue weighted by Crippen LogP contribution is -2.41. The third-order valence-electron chi connectivity index (χ3n) is 6.58. The van der Waals surface area contributed by atoms with Crippen LogP contribution in [0.25, 0.3) is 11.1 Å². The molecule has 3 amide bonds. The van der Waals surface area contributed by atoms with E-state index < -0.39 is 5.91 Å². The minimum atomic E-state index is -0.640. The number of ether oxygens (including phenoxy) is 1. The maximum atomic E-state index is 14.0. The lowest BCUT2D eigenvalue weighted by Gasteiger charge is -2.27. The molecule has 3 N–H and O–H groups in total. The van der Waals surface area contributed by atoms with Crippen molar-refractivity contribution in [2.75, 3.05) is 70.2 Å². The van der Waals surface area contributed by atoms with Crippen LogP contribution >= 0.6 is 0 Å². The first kappa shape index (κ1) is 28.0. The van der Waals surface area contributed by atoms with Gasteiger partial charge in [-0.25, -0.2) is 0 Å². The molecular weight excluding hydrogens is 494 g/mol. The third-order valence-corrected chi connectivity index (χ3v) is 6.58. The average molecular weight is 530 g/mol. The van der Waals surface area contributed by atoms with E-state index in [1.54, 1.807) is 11.0 Å². The first-order valence-electron chi connectivity index (χ1n) is 13.0. The highest BCUT2D eigenvalue weighted by molar-refractivity contribution is 6.12. The number of hydrogen-bond donors (Lipinski definition) is 2. The van der Waals surface area contributed by atoms with Crippen LogP contribution in [-0.4, -0.2) is 87.6 Å². The van der Waals surface area contributed by atoms with E-state index in [4.69, 9.17) is 10.5 Å². The molecular formula is C30H35N5O4. The molecule has 0 aliphatic carbocycles. The number of nitrogens with one attached hydrogen (secondary N) is 1. The van der Waals surface area contributed by atoms with Crippen LogP contribution in [0, 0.1) is 0 Å². The molecule has 1 aliphatic heterocycles. The second-order valence-corrected chi connectivity index (χ2v) is 9.73. The fourth-order valence-corrected chi connectivity index (χ4v) is 4.40. The Labute approximate surface area is 229 Å². The summed E-state index contributed by atoms with van der Waals surface area (Å²) in [6.45, 7) is 3.65. The van der Waals surface area contributed by atoms with Crippen molar-refractivity contribution in [3.63, 3.8) is 0 Å². The Hall–Kier alpha value is -4.05. The van der Waals surface area contributed by atoms with Gasteiger partial charge in [-0.2, -0.15) is 0 Å². The normalized spacial score (nSPS) is 13.7. The second-order valence-electron chi connectivity index (χ2n) is 9.73. The molecule has 0 bridgehead atoms. The minimum Gasteiger partial charge on any atom is -0.379 e. The Balaban J connectivity index is 1.63. The van der Waals surface area contributed by atoms with Crippen LogP contribution in [0.2, 0.25) is 0 Å². The number of nitrogens with two attached hydrogens (primary N) is 1. The Bertz CT molecular complexity index is 1290. The van der Waals surface area contributed by atoms with E-state index in [2.05, 4.69) is 5.32 Å². The topological polar surface area (TPSA) is 108 Å². The van der Waals surface area contributed by atoms with E-state index in [9.17, 15) is 14.4 Å². The number of nitrogens with zero attached hydrogens (tertiary/aromatic N) is 3. The number of carbonyl (C=O) groups excluding carboxylic acids is 3. The summed E-state index contributed by atoms with van der Waals surface area (Å²) in [6.07, 6.45) is 0. The molecule has 9 heteroatoms.